The summed E-state index contributed by atoms with van der Waals surface area (Å²) in [4.78, 5) is 17.5. The molecule has 1 saturated carbocycles. The van der Waals surface area contributed by atoms with Gasteiger partial charge in [0.05, 0.1) is 6.20 Å². The topological polar surface area (TPSA) is 71.8 Å². The lowest BCUT2D eigenvalue weighted by Crippen LogP contribution is -2.19. The molecule has 0 radical (unpaired) electrons. The number of hydrogen-bond donors (Lipinski definition) is 2. The van der Waals surface area contributed by atoms with E-state index in [0.717, 1.165) is 41.2 Å². The van der Waals surface area contributed by atoms with Gasteiger partial charge in [0.2, 0.25) is 0 Å². The summed E-state index contributed by atoms with van der Waals surface area (Å²) < 4.78 is 29.1. The van der Waals surface area contributed by atoms with Gasteiger partial charge >= 0.3 is 6.03 Å². The van der Waals surface area contributed by atoms with E-state index in [1.54, 1.807) is 10.7 Å². The van der Waals surface area contributed by atoms with Crippen LogP contribution in [0.4, 0.5) is 25.0 Å². The number of amides is 2. The van der Waals surface area contributed by atoms with Crippen molar-refractivity contribution in [2.24, 2.45) is 7.05 Å². The molecule has 0 aliphatic heterocycles. The minimum atomic E-state index is -2.99. The highest BCUT2D eigenvalue weighted by atomic mass is 19.3. The molecule has 196 valence electrons. The normalized spacial score (nSPS) is 16.7. The lowest BCUT2D eigenvalue weighted by molar-refractivity contribution is 0.0175. The zero-order valence-electron chi connectivity index (χ0n) is 21.5. The van der Waals surface area contributed by atoms with Gasteiger partial charge in [-0.2, -0.15) is 5.10 Å². The van der Waals surface area contributed by atoms with Gasteiger partial charge < -0.3 is 10.6 Å². The molecular formula is C31H27F2N5O. The summed E-state index contributed by atoms with van der Waals surface area (Å²) in [7, 11) is 1.90. The molecule has 8 heteroatoms. The number of aryl methyl sites for hydroxylation is 1. The van der Waals surface area contributed by atoms with E-state index in [4.69, 9.17) is 4.98 Å². The number of halogens is 2. The number of pyridine rings is 1. The molecule has 2 unspecified atom stereocenters. The van der Waals surface area contributed by atoms with Crippen LogP contribution < -0.4 is 10.6 Å². The highest BCUT2D eigenvalue weighted by Gasteiger charge is 2.41. The van der Waals surface area contributed by atoms with E-state index in [1.165, 1.54) is 23.8 Å². The number of carbonyl (C=O) groups is 1. The van der Waals surface area contributed by atoms with Crippen LogP contribution in [-0.2, 0) is 13.0 Å². The van der Waals surface area contributed by atoms with Gasteiger partial charge in [0, 0.05) is 47.9 Å². The molecule has 3 aromatic carbocycles. The maximum atomic E-state index is 13.6. The fourth-order valence-corrected chi connectivity index (χ4v) is 5.05. The number of hydrogen-bond acceptors (Lipinski definition) is 3. The molecule has 2 atom stereocenters. The van der Waals surface area contributed by atoms with Gasteiger partial charge in [0.25, 0.3) is 5.92 Å². The van der Waals surface area contributed by atoms with E-state index in [-0.39, 0.29) is 5.56 Å². The average Bonchev–Trinajstić information content (AvgIpc) is 3.65. The Labute approximate surface area is 224 Å². The van der Waals surface area contributed by atoms with Gasteiger partial charge in [-0.25, -0.2) is 18.6 Å². The largest absolute Gasteiger partial charge is 0.323 e. The zero-order chi connectivity index (χ0) is 27.1. The second-order valence-electron chi connectivity index (χ2n) is 10.1. The maximum absolute atomic E-state index is 13.6. The number of rotatable bonds is 6. The summed E-state index contributed by atoms with van der Waals surface area (Å²) in [6, 6.07) is 25.4. The summed E-state index contributed by atoms with van der Waals surface area (Å²) in [5.74, 6) is -2.16. The van der Waals surface area contributed by atoms with Crippen LogP contribution in [0.3, 0.4) is 0 Å². The second kappa shape index (κ2) is 9.62. The van der Waals surface area contributed by atoms with E-state index in [2.05, 4.69) is 46.1 Å². The van der Waals surface area contributed by atoms with E-state index in [1.807, 2.05) is 43.6 Å². The smallest absolute Gasteiger partial charge is 0.308 e. The Morgan fingerprint density at radius 3 is 2.41 bits per heavy atom. The molecule has 6 rings (SSSR count). The Morgan fingerprint density at radius 1 is 0.923 bits per heavy atom. The Morgan fingerprint density at radius 2 is 1.67 bits per heavy atom. The van der Waals surface area contributed by atoms with Crippen LogP contribution in [0.5, 0.6) is 0 Å². The molecule has 6 nitrogen and oxygen atoms in total. The van der Waals surface area contributed by atoms with Crippen molar-refractivity contribution in [3.8, 4) is 11.1 Å². The molecule has 2 N–H and O–H groups in total. The van der Waals surface area contributed by atoms with Crippen LogP contribution >= 0.6 is 0 Å². The van der Waals surface area contributed by atoms with Crippen molar-refractivity contribution in [1.82, 2.24) is 14.8 Å². The molecule has 1 aliphatic rings. The lowest BCUT2D eigenvalue weighted by atomic mass is 10.0. The standard InChI is InChI=1S/C31H27F2N5O/c1-31(32,33)21-9-6-10-23(15-21)36-30(39)35-22-13-11-20(12-14-22)25-17-28(37-29-27(25)18-34-38(29)2)26-16-24(26)19-7-4-3-5-8-19/h3-15,17-18,24,26H,16H2,1-2H3,(H2,35,36,39). The average molecular weight is 524 g/mol. The molecule has 2 heterocycles. The molecule has 0 bridgehead atoms. The van der Waals surface area contributed by atoms with Gasteiger partial charge in [-0.05, 0) is 59.4 Å². The number of anilines is 2. The maximum Gasteiger partial charge on any atom is 0.323 e. The van der Waals surface area contributed by atoms with E-state index in [0.29, 0.717) is 23.2 Å². The third-order valence-corrected chi connectivity index (χ3v) is 7.20. The zero-order valence-corrected chi connectivity index (χ0v) is 21.5. The van der Waals surface area contributed by atoms with Gasteiger partial charge in [-0.15, -0.1) is 0 Å². The monoisotopic (exact) mass is 523 g/mol. The van der Waals surface area contributed by atoms with E-state index >= 15 is 0 Å². The number of benzene rings is 3. The van der Waals surface area contributed by atoms with Crippen molar-refractivity contribution in [3.05, 3.63) is 108 Å². The minimum Gasteiger partial charge on any atom is -0.308 e. The minimum absolute atomic E-state index is 0.163. The Bertz CT molecular complexity index is 1660. The van der Waals surface area contributed by atoms with Gasteiger partial charge in [0.1, 0.15) is 0 Å². The first kappa shape index (κ1) is 24.7. The van der Waals surface area contributed by atoms with Crippen molar-refractivity contribution >= 4 is 28.4 Å². The molecular weight excluding hydrogens is 496 g/mol. The number of fused-ring (bicyclic) bond motifs is 1. The van der Waals surface area contributed by atoms with Crippen molar-refractivity contribution in [3.63, 3.8) is 0 Å². The van der Waals surface area contributed by atoms with E-state index in [9.17, 15) is 13.6 Å². The summed E-state index contributed by atoms with van der Waals surface area (Å²) in [6.07, 6.45) is 2.90. The lowest BCUT2D eigenvalue weighted by Gasteiger charge is -2.13. The van der Waals surface area contributed by atoms with E-state index < -0.39 is 12.0 Å². The highest BCUT2D eigenvalue weighted by molar-refractivity contribution is 6.00. The first-order valence-electron chi connectivity index (χ1n) is 12.8. The molecule has 39 heavy (non-hydrogen) atoms. The molecule has 0 spiro atoms. The van der Waals surface area contributed by atoms with Crippen LogP contribution in [0.2, 0.25) is 0 Å². The molecule has 2 aromatic heterocycles. The summed E-state index contributed by atoms with van der Waals surface area (Å²) in [5, 5.41) is 10.8. The Kier molecular flexibility index (Phi) is 6.10. The van der Waals surface area contributed by atoms with Crippen molar-refractivity contribution < 1.29 is 13.6 Å². The number of aromatic nitrogens is 3. The number of carbonyl (C=O) groups excluding carboxylic acids is 1. The fourth-order valence-electron chi connectivity index (χ4n) is 5.05. The van der Waals surface area contributed by atoms with Gasteiger partial charge in [-0.3, -0.25) is 4.68 Å². The van der Waals surface area contributed by atoms with Gasteiger partial charge in [-0.1, -0.05) is 54.6 Å². The highest BCUT2D eigenvalue weighted by Crippen LogP contribution is 2.54. The second-order valence-corrected chi connectivity index (χ2v) is 10.1. The molecule has 2 amide bonds. The molecule has 1 aliphatic carbocycles. The quantitative estimate of drug-likeness (QED) is 0.240. The predicted octanol–water partition coefficient (Wildman–Crippen LogP) is 7.66. The van der Waals surface area contributed by atoms with Crippen LogP contribution in [0.15, 0.2) is 91.1 Å². The molecule has 0 saturated heterocycles. The summed E-state index contributed by atoms with van der Waals surface area (Å²) in [6.45, 7) is 0.824. The predicted molar refractivity (Wildman–Crippen MR) is 149 cm³/mol. The number of alkyl halides is 2. The molecule has 5 aromatic rings. The Hall–Kier alpha value is -4.59. The summed E-state index contributed by atoms with van der Waals surface area (Å²) in [5.41, 5.74) is 5.95. The number of urea groups is 1. The van der Waals surface area contributed by atoms with Crippen molar-refractivity contribution in [2.75, 3.05) is 10.6 Å². The number of nitrogens with one attached hydrogen (secondary N) is 2. The molecule has 1 fully saturated rings. The van der Waals surface area contributed by atoms with Crippen LogP contribution in [0, 0.1) is 0 Å². The van der Waals surface area contributed by atoms with Crippen LogP contribution in [0.25, 0.3) is 22.2 Å². The SMILES string of the molecule is Cn1ncc2c(-c3ccc(NC(=O)Nc4cccc(C(C)(F)F)c4)cc3)cc(C3CC3c3ccccc3)nc21. The van der Waals surface area contributed by atoms with Crippen LogP contribution in [-0.4, -0.2) is 20.8 Å². The fraction of sp³-hybridized carbons (Fsp3) is 0.194. The number of nitrogens with zero attached hydrogens (tertiary/aromatic N) is 3. The summed E-state index contributed by atoms with van der Waals surface area (Å²) >= 11 is 0. The first-order chi connectivity index (χ1) is 18.8. The third-order valence-electron chi connectivity index (χ3n) is 7.20. The third kappa shape index (κ3) is 5.10. The van der Waals surface area contributed by atoms with Crippen LogP contribution in [0.1, 0.15) is 42.0 Å². The van der Waals surface area contributed by atoms with Crippen molar-refractivity contribution in [1.29, 1.82) is 0 Å². The van der Waals surface area contributed by atoms with Gasteiger partial charge in [0.15, 0.2) is 5.65 Å². The first-order valence-corrected chi connectivity index (χ1v) is 12.8. The Balaban J connectivity index is 1.22. The van der Waals surface area contributed by atoms with Crippen molar-refractivity contribution in [2.45, 2.75) is 31.1 Å².